The van der Waals surface area contributed by atoms with Crippen LogP contribution in [0.15, 0.2) is 36.4 Å². The highest BCUT2D eigenvalue weighted by Gasteiger charge is 2.10. The zero-order valence-electron chi connectivity index (χ0n) is 9.01. The number of amides is 1. The molecule has 0 fully saturated rings. The molecule has 92 valence electrons. The lowest BCUT2D eigenvalue weighted by molar-refractivity contribution is 0.0702. The fourth-order valence-corrected chi connectivity index (χ4v) is 2.26. The van der Waals surface area contributed by atoms with Gasteiger partial charge in [0.1, 0.15) is 4.88 Å². The van der Waals surface area contributed by atoms with Crippen LogP contribution in [-0.2, 0) is 0 Å². The number of rotatable bonds is 3. The van der Waals surface area contributed by atoms with E-state index in [1.807, 2.05) is 0 Å². The van der Waals surface area contributed by atoms with Crippen LogP contribution in [0.4, 0.5) is 5.00 Å². The van der Waals surface area contributed by atoms with E-state index in [0.717, 1.165) is 11.3 Å². The standard InChI is InChI=1S/C12H8ClNO3S/c13-8-3-1-2-7(6-8)11(15)14-10-5-4-9(18-10)12(16)17/h1-6H,(H,14,15)(H,16,17). The number of carbonyl (C=O) groups excluding carboxylic acids is 1. The minimum atomic E-state index is -1.01. The summed E-state index contributed by atoms with van der Waals surface area (Å²) in [7, 11) is 0. The molecule has 1 amide bonds. The van der Waals surface area contributed by atoms with Crippen LogP contribution >= 0.6 is 22.9 Å². The Kier molecular flexibility index (Phi) is 3.64. The number of carboxylic acid groups (broad SMARTS) is 1. The van der Waals surface area contributed by atoms with Gasteiger partial charge in [-0.25, -0.2) is 4.79 Å². The van der Waals surface area contributed by atoms with Gasteiger partial charge in [0.05, 0.1) is 5.00 Å². The Bertz CT molecular complexity index is 609. The predicted molar refractivity (Wildman–Crippen MR) is 70.7 cm³/mol. The molecule has 0 aliphatic rings. The molecule has 0 aliphatic carbocycles. The minimum absolute atomic E-state index is 0.177. The molecule has 0 unspecified atom stereocenters. The van der Waals surface area contributed by atoms with Gasteiger partial charge in [-0.1, -0.05) is 17.7 Å². The molecule has 0 radical (unpaired) electrons. The average molecular weight is 282 g/mol. The van der Waals surface area contributed by atoms with Crippen molar-refractivity contribution < 1.29 is 14.7 Å². The molecule has 2 N–H and O–H groups in total. The van der Waals surface area contributed by atoms with Gasteiger partial charge in [-0.05, 0) is 30.3 Å². The number of hydrogen-bond acceptors (Lipinski definition) is 3. The third-order valence-electron chi connectivity index (χ3n) is 2.14. The second kappa shape index (κ2) is 5.20. The van der Waals surface area contributed by atoms with Gasteiger partial charge < -0.3 is 10.4 Å². The molecule has 4 nitrogen and oxygen atoms in total. The van der Waals surface area contributed by atoms with Crippen LogP contribution < -0.4 is 5.32 Å². The van der Waals surface area contributed by atoms with E-state index in [-0.39, 0.29) is 10.8 Å². The Labute approximate surface area is 112 Å². The van der Waals surface area contributed by atoms with E-state index in [1.165, 1.54) is 6.07 Å². The number of carboxylic acids is 1. The van der Waals surface area contributed by atoms with Crippen molar-refractivity contribution in [3.8, 4) is 0 Å². The quantitative estimate of drug-likeness (QED) is 0.906. The van der Waals surface area contributed by atoms with Crippen molar-refractivity contribution in [2.24, 2.45) is 0 Å². The first-order valence-corrected chi connectivity index (χ1v) is 6.16. The highest BCUT2D eigenvalue weighted by molar-refractivity contribution is 7.18. The van der Waals surface area contributed by atoms with E-state index < -0.39 is 5.97 Å². The number of carbonyl (C=O) groups is 2. The zero-order valence-corrected chi connectivity index (χ0v) is 10.6. The predicted octanol–water partition coefficient (Wildman–Crippen LogP) is 3.35. The molecule has 6 heteroatoms. The molecule has 2 aromatic rings. The topological polar surface area (TPSA) is 66.4 Å². The molecule has 2 rings (SSSR count). The van der Waals surface area contributed by atoms with Crippen LogP contribution in [0.3, 0.4) is 0 Å². The summed E-state index contributed by atoms with van der Waals surface area (Å²) in [5, 5.41) is 12.3. The molecule has 0 saturated heterocycles. The van der Waals surface area contributed by atoms with Gasteiger partial charge >= 0.3 is 5.97 Å². The van der Waals surface area contributed by atoms with Gasteiger partial charge in [-0.15, -0.1) is 11.3 Å². The van der Waals surface area contributed by atoms with Crippen LogP contribution in [-0.4, -0.2) is 17.0 Å². The molecule has 0 aliphatic heterocycles. The lowest BCUT2D eigenvalue weighted by Gasteiger charge is -2.02. The van der Waals surface area contributed by atoms with Crippen LogP contribution in [0.1, 0.15) is 20.0 Å². The SMILES string of the molecule is O=C(Nc1ccc(C(=O)O)s1)c1cccc(Cl)c1. The molecule has 1 aromatic carbocycles. The zero-order chi connectivity index (χ0) is 13.1. The molecular formula is C12H8ClNO3S. The molecule has 1 aromatic heterocycles. The van der Waals surface area contributed by atoms with E-state index in [4.69, 9.17) is 16.7 Å². The van der Waals surface area contributed by atoms with Crippen molar-refractivity contribution in [1.82, 2.24) is 0 Å². The van der Waals surface area contributed by atoms with Crippen molar-refractivity contribution >= 4 is 39.8 Å². The molecule has 18 heavy (non-hydrogen) atoms. The van der Waals surface area contributed by atoms with Crippen LogP contribution in [0.2, 0.25) is 5.02 Å². The number of halogens is 1. The summed E-state index contributed by atoms with van der Waals surface area (Å²) in [5.41, 5.74) is 0.424. The minimum Gasteiger partial charge on any atom is -0.477 e. The van der Waals surface area contributed by atoms with Crippen molar-refractivity contribution in [1.29, 1.82) is 0 Å². The highest BCUT2D eigenvalue weighted by Crippen LogP contribution is 2.22. The fraction of sp³-hybridized carbons (Fsp3) is 0. The van der Waals surface area contributed by atoms with Gasteiger partial charge in [-0.2, -0.15) is 0 Å². The molecular weight excluding hydrogens is 274 g/mol. The van der Waals surface area contributed by atoms with Crippen molar-refractivity contribution in [2.45, 2.75) is 0 Å². The Hall–Kier alpha value is -1.85. The molecule has 0 bridgehead atoms. The summed E-state index contributed by atoms with van der Waals surface area (Å²) in [5.74, 6) is -1.33. The summed E-state index contributed by atoms with van der Waals surface area (Å²) >= 11 is 6.79. The van der Waals surface area contributed by atoms with Gasteiger partial charge in [0.2, 0.25) is 0 Å². The van der Waals surface area contributed by atoms with Gasteiger partial charge in [0, 0.05) is 10.6 Å². The van der Waals surface area contributed by atoms with E-state index in [9.17, 15) is 9.59 Å². The van der Waals surface area contributed by atoms with E-state index in [0.29, 0.717) is 15.6 Å². The monoisotopic (exact) mass is 281 g/mol. The molecule has 1 heterocycles. The fourth-order valence-electron chi connectivity index (χ4n) is 1.33. The van der Waals surface area contributed by atoms with Crippen molar-refractivity contribution in [3.63, 3.8) is 0 Å². The van der Waals surface area contributed by atoms with Gasteiger partial charge in [0.15, 0.2) is 0 Å². The lowest BCUT2D eigenvalue weighted by Crippen LogP contribution is -2.10. The summed E-state index contributed by atoms with van der Waals surface area (Å²) in [4.78, 5) is 22.7. The third-order valence-corrected chi connectivity index (χ3v) is 3.36. The van der Waals surface area contributed by atoms with Crippen molar-refractivity contribution in [2.75, 3.05) is 5.32 Å². The smallest absolute Gasteiger partial charge is 0.345 e. The van der Waals surface area contributed by atoms with Gasteiger partial charge in [-0.3, -0.25) is 4.79 Å². The van der Waals surface area contributed by atoms with Crippen LogP contribution in [0, 0.1) is 0 Å². The average Bonchev–Trinajstić information content (AvgIpc) is 2.77. The Morgan fingerprint density at radius 1 is 1.22 bits per heavy atom. The number of hydrogen-bond donors (Lipinski definition) is 2. The van der Waals surface area contributed by atoms with Gasteiger partial charge in [0.25, 0.3) is 5.91 Å². The first-order chi connectivity index (χ1) is 8.56. The number of benzene rings is 1. The largest absolute Gasteiger partial charge is 0.477 e. The number of nitrogens with one attached hydrogen (secondary N) is 1. The number of thiophene rings is 1. The first kappa shape index (κ1) is 12.6. The third kappa shape index (κ3) is 2.88. The molecule has 0 spiro atoms. The summed E-state index contributed by atoms with van der Waals surface area (Å²) in [6, 6.07) is 9.52. The van der Waals surface area contributed by atoms with Crippen molar-refractivity contribution in [3.05, 3.63) is 51.9 Å². The Morgan fingerprint density at radius 2 is 2.00 bits per heavy atom. The van der Waals surface area contributed by atoms with E-state index in [1.54, 1.807) is 30.3 Å². The summed E-state index contributed by atoms with van der Waals surface area (Å²) in [6.45, 7) is 0. The lowest BCUT2D eigenvalue weighted by atomic mass is 10.2. The molecule has 0 atom stereocenters. The number of aromatic carboxylic acids is 1. The van der Waals surface area contributed by atoms with E-state index in [2.05, 4.69) is 5.32 Å². The normalized spacial score (nSPS) is 10.1. The Morgan fingerprint density at radius 3 is 2.61 bits per heavy atom. The molecule has 0 saturated carbocycles. The maximum atomic E-state index is 11.8. The summed E-state index contributed by atoms with van der Waals surface area (Å²) < 4.78 is 0. The first-order valence-electron chi connectivity index (χ1n) is 4.96. The second-order valence-corrected chi connectivity index (χ2v) is 4.95. The Balaban J connectivity index is 2.13. The highest BCUT2D eigenvalue weighted by atomic mass is 35.5. The summed E-state index contributed by atoms with van der Waals surface area (Å²) in [6.07, 6.45) is 0. The second-order valence-electron chi connectivity index (χ2n) is 3.43. The number of anilines is 1. The van der Waals surface area contributed by atoms with Crippen LogP contribution in [0.5, 0.6) is 0 Å². The maximum Gasteiger partial charge on any atom is 0.345 e. The maximum absolute atomic E-state index is 11.8. The van der Waals surface area contributed by atoms with Crippen LogP contribution in [0.25, 0.3) is 0 Å². The van der Waals surface area contributed by atoms with E-state index >= 15 is 0 Å².